The molecule has 0 saturated carbocycles. The summed E-state index contributed by atoms with van der Waals surface area (Å²) >= 11 is 0. The van der Waals surface area contributed by atoms with Crippen LogP contribution in [0.15, 0.2) is 60.8 Å². The number of hydrogen-bond donors (Lipinski definition) is 0. The van der Waals surface area contributed by atoms with Crippen LogP contribution in [0.25, 0.3) is 0 Å². The topological polar surface area (TPSA) is 78.9 Å². The molecule has 0 aromatic heterocycles. The number of allylic oxidation sites excluding steroid dienone is 10. The lowest BCUT2D eigenvalue weighted by Crippen LogP contribution is -2.30. The van der Waals surface area contributed by atoms with Gasteiger partial charge in [-0.25, -0.2) is 0 Å². The lowest BCUT2D eigenvalue weighted by atomic mass is 10.0. The third-order valence-corrected chi connectivity index (χ3v) is 16.5. The molecule has 0 fully saturated rings. The number of carbonyl (C=O) groups excluding carboxylic acids is 3. The van der Waals surface area contributed by atoms with Gasteiger partial charge >= 0.3 is 17.9 Å². The van der Waals surface area contributed by atoms with Crippen molar-refractivity contribution in [1.29, 1.82) is 0 Å². The van der Waals surface area contributed by atoms with Crippen LogP contribution in [0, 0.1) is 0 Å². The molecule has 0 radical (unpaired) electrons. The van der Waals surface area contributed by atoms with E-state index in [2.05, 4.69) is 81.5 Å². The fourth-order valence-electron chi connectivity index (χ4n) is 11.0. The van der Waals surface area contributed by atoms with E-state index in [-0.39, 0.29) is 31.1 Å². The molecule has 0 N–H and O–H groups in total. The van der Waals surface area contributed by atoms with E-state index in [1.165, 1.54) is 250 Å². The third kappa shape index (κ3) is 69.8. The van der Waals surface area contributed by atoms with Gasteiger partial charge < -0.3 is 14.2 Å². The van der Waals surface area contributed by atoms with E-state index >= 15 is 0 Å². The minimum absolute atomic E-state index is 0.0796. The first-order chi connectivity index (χ1) is 41.0. The summed E-state index contributed by atoms with van der Waals surface area (Å²) in [4.78, 5) is 38.4. The molecule has 0 aromatic rings. The molecule has 1 unspecified atom stereocenters. The summed E-state index contributed by atoms with van der Waals surface area (Å²) in [6, 6.07) is 0. The maximum absolute atomic E-state index is 12.9. The monoisotopic (exact) mass is 1160 g/mol. The van der Waals surface area contributed by atoms with Crippen molar-refractivity contribution in [2.45, 2.75) is 399 Å². The fourth-order valence-corrected chi connectivity index (χ4v) is 11.0. The highest BCUT2D eigenvalue weighted by Gasteiger charge is 2.19. The van der Waals surface area contributed by atoms with E-state index < -0.39 is 6.10 Å². The second-order valence-corrected chi connectivity index (χ2v) is 24.8. The number of hydrogen-bond acceptors (Lipinski definition) is 6. The lowest BCUT2D eigenvalue weighted by molar-refractivity contribution is -0.167. The van der Waals surface area contributed by atoms with Crippen LogP contribution in [0.1, 0.15) is 393 Å². The van der Waals surface area contributed by atoms with E-state index in [1.807, 2.05) is 0 Å². The average molecular weight is 1160 g/mol. The number of ether oxygens (including phenoxy) is 3. The van der Waals surface area contributed by atoms with E-state index in [1.54, 1.807) is 0 Å². The SMILES string of the molecule is CC/C=C\C/C=C\C/C=C\CCCCCCCCCC(=O)OC(COC(=O)CCCCCCC/C=C\C/C=C\CCCCC)COC(=O)CCCCCCCCCCCCCCCCCCCCCCCCCCCCCCCCCCC. The summed E-state index contributed by atoms with van der Waals surface area (Å²) in [5.74, 6) is -0.882. The molecule has 0 spiro atoms. The Bertz CT molecular complexity index is 1470. The number of unbranched alkanes of at least 4 members (excludes halogenated alkanes) is 47. The van der Waals surface area contributed by atoms with Crippen LogP contribution in [0.3, 0.4) is 0 Å². The molecule has 0 saturated heterocycles. The minimum atomic E-state index is -0.786. The van der Waals surface area contributed by atoms with E-state index in [4.69, 9.17) is 14.2 Å². The van der Waals surface area contributed by atoms with Crippen molar-refractivity contribution in [3.8, 4) is 0 Å². The van der Waals surface area contributed by atoms with Crippen molar-refractivity contribution < 1.29 is 28.6 Å². The molecule has 0 aliphatic carbocycles. The first-order valence-electron chi connectivity index (χ1n) is 36.8. The second kappa shape index (κ2) is 71.6. The van der Waals surface area contributed by atoms with Crippen molar-refractivity contribution in [3.05, 3.63) is 60.8 Å². The summed E-state index contributed by atoms with van der Waals surface area (Å²) in [6.07, 6.45) is 92.8. The summed E-state index contributed by atoms with van der Waals surface area (Å²) in [5, 5.41) is 0. The standard InChI is InChI=1S/C77H140O6/c1-4-7-10-13-16-19-22-25-28-30-31-32-33-34-35-36-37-38-39-40-41-42-43-44-45-47-49-52-55-58-61-64-67-70-76(79)82-73-74(72-81-75(78)69-66-63-60-57-54-51-48-27-24-21-18-15-12-9-6-3)83-77(80)71-68-65-62-59-56-53-50-46-29-26-23-20-17-14-11-8-5-2/h8,11,17-18,20-21,26-27,29,48,74H,4-7,9-10,12-16,19,22-25,28,30-47,49-73H2,1-3H3/b11-8-,20-17-,21-18-,29-26-,48-27-. The van der Waals surface area contributed by atoms with Crippen LogP contribution >= 0.6 is 0 Å². The average Bonchev–Trinajstić information content (AvgIpc) is 3.49. The van der Waals surface area contributed by atoms with Crippen LogP contribution in [0.2, 0.25) is 0 Å². The summed E-state index contributed by atoms with van der Waals surface area (Å²) in [5.41, 5.74) is 0. The zero-order valence-electron chi connectivity index (χ0n) is 55.7. The molecule has 1 atom stereocenters. The number of carbonyl (C=O) groups is 3. The number of rotatable bonds is 68. The lowest BCUT2D eigenvalue weighted by Gasteiger charge is -2.18. The third-order valence-electron chi connectivity index (χ3n) is 16.5. The molecule has 83 heavy (non-hydrogen) atoms. The smallest absolute Gasteiger partial charge is 0.306 e. The van der Waals surface area contributed by atoms with Crippen molar-refractivity contribution in [1.82, 2.24) is 0 Å². The van der Waals surface area contributed by atoms with Crippen LogP contribution in [0.4, 0.5) is 0 Å². The highest BCUT2D eigenvalue weighted by Crippen LogP contribution is 2.19. The molecule has 0 heterocycles. The molecule has 0 aromatic carbocycles. The second-order valence-electron chi connectivity index (χ2n) is 24.8. The van der Waals surface area contributed by atoms with Gasteiger partial charge in [-0.15, -0.1) is 0 Å². The Labute approximate surface area is 517 Å². The summed E-state index contributed by atoms with van der Waals surface area (Å²) in [7, 11) is 0. The number of esters is 3. The molecule has 0 amide bonds. The highest BCUT2D eigenvalue weighted by molar-refractivity contribution is 5.71. The Hall–Kier alpha value is -2.89. The van der Waals surface area contributed by atoms with Gasteiger partial charge in [-0.05, 0) is 83.5 Å². The van der Waals surface area contributed by atoms with Crippen LogP contribution in [-0.4, -0.2) is 37.2 Å². The van der Waals surface area contributed by atoms with Gasteiger partial charge in [-0.2, -0.15) is 0 Å². The molecule has 484 valence electrons. The van der Waals surface area contributed by atoms with Gasteiger partial charge in [-0.3, -0.25) is 14.4 Å². The molecular formula is C77H140O6. The zero-order valence-corrected chi connectivity index (χ0v) is 55.7. The van der Waals surface area contributed by atoms with E-state index in [0.29, 0.717) is 19.3 Å². The largest absolute Gasteiger partial charge is 0.462 e. The van der Waals surface area contributed by atoms with Gasteiger partial charge in [0.2, 0.25) is 0 Å². The van der Waals surface area contributed by atoms with Crippen molar-refractivity contribution in [2.24, 2.45) is 0 Å². The quantitative estimate of drug-likeness (QED) is 0.0261. The summed E-state index contributed by atoms with van der Waals surface area (Å²) < 4.78 is 17.0. The van der Waals surface area contributed by atoms with Crippen LogP contribution < -0.4 is 0 Å². The van der Waals surface area contributed by atoms with Crippen LogP contribution in [-0.2, 0) is 28.6 Å². The van der Waals surface area contributed by atoms with Gasteiger partial charge in [0.25, 0.3) is 0 Å². The Kier molecular flexibility index (Phi) is 69.1. The van der Waals surface area contributed by atoms with Crippen molar-refractivity contribution >= 4 is 17.9 Å². The molecule has 0 rings (SSSR count). The Balaban J connectivity index is 4.15. The Morgan fingerprint density at radius 3 is 0.759 bits per heavy atom. The van der Waals surface area contributed by atoms with Gasteiger partial charge in [0.05, 0.1) is 0 Å². The molecular weight excluding hydrogens is 1020 g/mol. The zero-order chi connectivity index (χ0) is 59.9. The fraction of sp³-hybridized carbons (Fsp3) is 0.831. The first-order valence-corrected chi connectivity index (χ1v) is 36.8. The van der Waals surface area contributed by atoms with Crippen molar-refractivity contribution in [2.75, 3.05) is 13.2 Å². The maximum Gasteiger partial charge on any atom is 0.306 e. The molecule has 0 aliphatic rings. The van der Waals surface area contributed by atoms with Gasteiger partial charge in [0, 0.05) is 19.3 Å². The highest BCUT2D eigenvalue weighted by atomic mass is 16.6. The van der Waals surface area contributed by atoms with E-state index in [9.17, 15) is 14.4 Å². The Morgan fingerprint density at radius 1 is 0.253 bits per heavy atom. The first kappa shape index (κ1) is 80.1. The predicted octanol–water partition coefficient (Wildman–Crippen LogP) is 25.5. The Morgan fingerprint density at radius 2 is 0.470 bits per heavy atom. The predicted molar refractivity (Wildman–Crippen MR) is 362 cm³/mol. The molecule has 0 bridgehead atoms. The normalized spacial score (nSPS) is 12.4. The van der Waals surface area contributed by atoms with Gasteiger partial charge in [-0.1, -0.05) is 351 Å². The van der Waals surface area contributed by atoms with Crippen LogP contribution in [0.5, 0.6) is 0 Å². The minimum Gasteiger partial charge on any atom is -0.462 e. The van der Waals surface area contributed by atoms with E-state index in [0.717, 1.165) is 103 Å². The van der Waals surface area contributed by atoms with Crippen molar-refractivity contribution in [3.63, 3.8) is 0 Å². The molecule has 0 aliphatic heterocycles. The summed E-state index contributed by atoms with van der Waals surface area (Å²) in [6.45, 7) is 6.55. The van der Waals surface area contributed by atoms with Gasteiger partial charge in [0.1, 0.15) is 13.2 Å². The van der Waals surface area contributed by atoms with Gasteiger partial charge in [0.15, 0.2) is 6.10 Å². The maximum atomic E-state index is 12.9. The molecule has 6 nitrogen and oxygen atoms in total. The molecule has 6 heteroatoms.